The zero-order valence-electron chi connectivity index (χ0n) is 12.2. The molecule has 1 aromatic carbocycles. The first-order valence-electron chi connectivity index (χ1n) is 6.39. The molecule has 0 aliphatic heterocycles. The Balaban J connectivity index is 2.89. The first-order valence-corrected chi connectivity index (χ1v) is 6.39. The van der Waals surface area contributed by atoms with Gasteiger partial charge in [0, 0.05) is 12.6 Å². The first-order chi connectivity index (χ1) is 9.85. The first kappa shape index (κ1) is 16.7. The molecule has 0 radical (unpaired) electrons. The molecule has 0 unspecified atom stereocenters. The zero-order valence-corrected chi connectivity index (χ0v) is 12.2. The van der Waals surface area contributed by atoms with Gasteiger partial charge in [-0.2, -0.15) is 0 Å². The van der Waals surface area contributed by atoms with Crippen molar-refractivity contribution in [2.75, 3.05) is 7.11 Å². The van der Waals surface area contributed by atoms with Gasteiger partial charge in [0.25, 0.3) is 5.91 Å². The third-order valence-electron chi connectivity index (χ3n) is 2.83. The molecule has 114 valence electrons. The van der Waals surface area contributed by atoms with E-state index in [1.807, 2.05) is 0 Å². The molecule has 21 heavy (non-hydrogen) atoms. The third-order valence-corrected chi connectivity index (χ3v) is 2.83. The number of aliphatic hydroxyl groups excluding tert-OH is 1. The second-order valence-corrected chi connectivity index (χ2v) is 4.71. The van der Waals surface area contributed by atoms with Crippen molar-refractivity contribution in [3.05, 3.63) is 47.5 Å². The SMILES string of the molecule is COC(=O)/C(O)=C/C(=O)N(Cc1ccc(F)cc1)C(C)C. The van der Waals surface area contributed by atoms with E-state index < -0.39 is 17.6 Å². The standard InChI is InChI=1S/C15H18FNO4/c1-10(2)17(9-11-4-6-12(16)7-5-11)14(19)8-13(18)15(20)21-3/h4-8,10,18H,9H2,1-3H3/b13-8-. The van der Waals surface area contributed by atoms with Crippen LogP contribution in [0.25, 0.3) is 0 Å². The van der Waals surface area contributed by atoms with E-state index in [4.69, 9.17) is 0 Å². The number of carbonyl (C=O) groups excluding carboxylic acids is 2. The molecule has 1 aromatic rings. The fraction of sp³-hybridized carbons (Fsp3) is 0.333. The van der Waals surface area contributed by atoms with Gasteiger partial charge in [-0.3, -0.25) is 4.79 Å². The lowest BCUT2D eigenvalue weighted by atomic mass is 10.2. The molecule has 0 atom stereocenters. The average Bonchev–Trinajstić information content (AvgIpc) is 2.45. The largest absolute Gasteiger partial charge is 0.502 e. The predicted molar refractivity (Wildman–Crippen MR) is 74.8 cm³/mol. The van der Waals surface area contributed by atoms with E-state index in [1.54, 1.807) is 26.0 Å². The fourth-order valence-electron chi connectivity index (χ4n) is 1.66. The third kappa shape index (κ3) is 4.91. The van der Waals surface area contributed by atoms with Crippen molar-refractivity contribution in [2.45, 2.75) is 26.4 Å². The Kier molecular flexibility index (Phi) is 5.90. The molecule has 0 fully saturated rings. The molecule has 0 saturated heterocycles. The predicted octanol–water partition coefficient (Wildman–Crippen LogP) is 2.18. The summed E-state index contributed by atoms with van der Waals surface area (Å²) in [6, 6.07) is 5.59. The van der Waals surface area contributed by atoms with E-state index >= 15 is 0 Å². The summed E-state index contributed by atoms with van der Waals surface area (Å²) >= 11 is 0. The minimum atomic E-state index is -0.978. The number of halogens is 1. The highest BCUT2D eigenvalue weighted by atomic mass is 19.1. The van der Waals surface area contributed by atoms with Gasteiger partial charge in [-0.25, -0.2) is 9.18 Å². The molecule has 0 heterocycles. The van der Waals surface area contributed by atoms with Crippen molar-refractivity contribution < 1.29 is 23.8 Å². The van der Waals surface area contributed by atoms with Crippen LogP contribution in [0.15, 0.2) is 36.1 Å². The van der Waals surface area contributed by atoms with Gasteiger partial charge in [0.15, 0.2) is 0 Å². The zero-order chi connectivity index (χ0) is 16.0. The van der Waals surface area contributed by atoms with Crippen LogP contribution in [0.1, 0.15) is 19.4 Å². The van der Waals surface area contributed by atoms with Crippen LogP contribution in [0, 0.1) is 5.82 Å². The average molecular weight is 295 g/mol. The maximum Gasteiger partial charge on any atom is 0.373 e. The summed E-state index contributed by atoms with van der Waals surface area (Å²) in [6.07, 6.45) is 0.815. The van der Waals surface area contributed by atoms with Crippen LogP contribution in [-0.2, 0) is 20.9 Å². The number of aliphatic hydroxyl groups is 1. The minimum Gasteiger partial charge on any atom is -0.502 e. The number of amides is 1. The molecule has 0 aliphatic rings. The van der Waals surface area contributed by atoms with Gasteiger partial charge in [-0.1, -0.05) is 12.1 Å². The quantitative estimate of drug-likeness (QED) is 0.513. The summed E-state index contributed by atoms with van der Waals surface area (Å²) in [4.78, 5) is 24.6. The number of ether oxygens (including phenoxy) is 1. The summed E-state index contributed by atoms with van der Waals surface area (Å²) in [6.45, 7) is 3.83. The number of carbonyl (C=O) groups is 2. The van der Waals surface area contributed by atoms with Gasteiger partial charge in [-0.05, 0) is 31.5 Å². The number of hydrogen-bond donors (Lipinski definition) is 1. The summed E-state index contributed by atoms with van der Waals surface area (Å²) in [5.41, 5.74) is 0.740. The van der Waals surface area contributed by atoms with Crippen molar-refractivity contribution in [1.29, 1.82) is 0 Å². The van der Waals surface area contributed by atoms with Gasteiger partial charge in [0.2, 0.25) is 5.76 Å². The monoisotopic (exact) mass is 295 g/mol. The highest BCUT2D eigenvalue weighted by Crippen LogP contribution is 2.11. The summed E-state index contributed by atoms with van der Waals surface area (Å²) in [5, 5.41) is 9.41. The van der Waals surface area contributed by atoms with Crippen LogP contribution in [0.2, 0.25) is 0 Å². The Hall–Kier alpha value is -2.37. The van der Waals surface area contributed by atoms with Crippen LogP contribution in [0.4, 0.5) is 4.39 Å². The van der Waals surface area contributed by atoms with Crippen molar-refractivity contribution >= 4 is 11.9 Å². The lowest BCUT2D eigenvalue weighted by Gasteiger charge is -2.25. The Morgan fingerprint density at radius 3 is 2.38 bits per heavy atom. The maximum atomic E-state index is 12.9. The molecule has 1 rings (SSSR count). The van der Waals surface area contributed by atoms with E-state index in [9.17, 15) is 19.1 Å². The van der Waals surface area contributed by atoms with Gasteiger partial charge in [-0.15, -0.1) is 0 Å². The number of esters is 1. The highest BCUT2D eigenvalue weighted by molar-refractivity contribution is 5.96. The molecular weight excluding hydrogens is 277 g/mol. The van der Waals surface area contributed by atoms with Crippen molar-refractivity contribution in [3.8, 4) is 0 Å². The normalized spacial score (nSPS) is 11.4. The van der Waals surface area contributed by atoms with Crippen LogP contribution in [0.3, 0.4) is 0 Å². The second-order valence-electron chi connectivity index (χ2n) is 4.71. The molecule has 1 N–H and O–H groups in total. The fourth-order valence-corrected chi connectivity index (χ4v) is 1.66. The number of rotatable bonds is 5. The smallest absolute Gasteiger partial charge is 0.373 e. The molecule has 0 bridgehead atoms. The molecular formula is C15H18FNO4. The number of benzene rings is 1. The van der Waals surface area contributed by atoms with Gasteiger partial charge in [0.05, 0.1) is 13.2 Å². The Morgan fingerprint density at radius 2 is 1.90 bits per heavy atom. The summed E-state index contributed by atoms with van der Waals surface area (Å²) < 4.78 is 17.2. The summed E-state index contributed by atoms with van der Waals surface area (Å²) in [7, 11) is 1.11. The van der Waals surface area contributed by atoms with E-state index in [1.165, 1.54) is 17.0 Å². The number of hydrogen-bond acceptors (Lipinski definition) is 4. The number of nitrogens with zero attached hydrogens (tertiary/aromatic N) is 1. The Bertz CT molecular complexity index is 537. The van der Waals surface area contributed by atoms with Crippen LogP contribution < -0.4 is 0 Å². The lowest BCUT2D eigenvalue weighted by molar-refractivity contribution is -0.140. The van der Waals surface area contributed by atoms with Gasteiger partial charge >= 0.3 is 5.97 Å². The molecule has 5 nitrogen and oxygen atoms in total. The van der Waals surface area contributed by atoms with Gasteiger partial charge < -0.3 is 14.7 Å². The lowest BCUT2D eigenvalue weighted by Crippen LogP contribution is -2.35. The van der Waals surface area contributed by atoms with E-state index in [-0.39, 0.29) is 18.4 Å². The topological polar surface area (TPSA) is 66.8 Å². The molecule has 6 heteroatoms. The highest BCUT2D eigenvalue weighted by Gasteiger charge is 2.18. The van der Waals surface area contributed by atoms with Crippen molar-refractivity contribution in [3.63, 3.8) is 0 Å². The minimum absolute atomic E-state index is 0.163. The molecule has 1 amide bonds. The van der Waals surface area contributed by atoms with E-state index in [0.29, 0.717) is 0 Å². The Morgan fingerprint density at radius 1 is 1.33 bits per heavy atom. The molecule has 0 saturated carbocycles. The van der Waals surface area contributed by atoms with Crippen LogP contribution in [-0.4, -0.2) is 35.0 Å². The molecule has 0 aliphatic carbocycles. The van der Waals surface area contributed by atoms with Crippen LogP contribution in [0.5, 0.6) is 0 Å². The van der Waals surface area contributed by atoms with E-state index in [2.05, 4.69) is 4.74 Å². The summed E-state index contributed by atoms with van der Waals surface area (Å²) in [5.74, 6) is -2.62. The molecule has 0 aromatic heterocycles. The second kappa shape index (κ2) is 7.42. The molecule has 0 spiro atoms. The van der Waals surface area contributed by atoms with Gasteiger partial charge in [0.1, 0.15) is 5.82 Å². The van der Waals surface area contributed by atoms with Crippen molar-refractivity contribution in [2.24, 2.45) is 0 Å². The maximum absolute atomic E-state index is 12.9. The van der Waals surface area contributed by atoms with Crippen molar-refractivity contribution in [1.82, 2.24) is 4.90 Å². The Labute approximate surface area is 122 Å². The number of methoxy groups -OCH3 is 1. The van der Waals surface area contributed by atoms with Crippen LogP contribution >= 0.6 is 0 Å². The van der Waals surface area contributed by atoms with E-state index in [0.717, 1.165) is 18.7 Å².